The van der Waals surface area contributed by atoms with E-state index in [1.54, 1.807) is 32.0 Å². The third kappa shape index (κ3) is 8.00. The average molecular weight is 516 g/mol. The summed E-state index contributed by atoms with van der Waals surface area (Å²) in [7, 11) is 0. The predicted molar refractivity (Wildman–Crippen MR) is 131 cm³/mol. The summed E-state index contributed by atoms with van der Waals surface area (Å²) < 4.78 is 38.8. The van der Waals surface area contributed by atoms with Gasteiger partial charge in [0.2, 0.25) is 5.91 Å². The Labute approximate surface area is 210 Å². The second-order valence-electron chi connectivity index (χ2n) is 8.80. The highest BCUT2D eigenvalue weighted by Crippen LogP contribution is 2.29. The van der Waals surface area contributed by atoms with E-state index in [2.05, 4.69) is 27.1 Å². The Morgan fingerprint density at radius 3 is 2.56 bits per heavy atom. The van der Waals surface area contributed by atoms with Crippen LogP contribution in [0.5, 0.6) is 0 Å². The molecule has 0 aliphatic carbocycles. The zero-order valence-corrected chi connectivity index (χ0v) is 20.7. The maximum absolute atomic E-state index is 12.9. The molecule has 0 saturated carbocycles. The largest absolute Gasteiger partial charge is 0.416 e. The van der Waals surface area contributed by atoms with Crippen molar-refractivity contribution >= 4 is 28.2 Å². The van der Waals surface area contributed by atoms with Crippen LogP contribution in [0.1, 0.15) is 64.3 Å². The minimum absolute atomic E-state index is 0.0322. The number of anilines is 1. The lowest BCUT2D eigenvalue weighted by Crippen LogP contribution is -2.22. The molecule has 0 fully saturated rings. The Morgan fingerprint density at radius 1 is 1.11 bits per heavy atom. The van der Waals surface area contributed by atoms with Crippen molar-refractivity contribution in [2.24, 2.45) is 0 Å². The number of hydrogen-bond acceptors (Lipinski definition) is 6. The molecule has 0 saturated heterocycles. The Bertz CT molecular complexity index is 1330. The number of pyridine rings is 1. The fourth-order valence-electron chi connectivity index (χ4n) is 3.07. The van der Waals surface area contributed by atoms with Crippen LogP contribution in [0.25, 0.3) is 0 Å². The maximum Gasteiger partial charge on any atom is 0.416 e. The number of carbonyl (C=O) groups excluding carboxylic acids is 2. The molecule has 188 valence electrons. The summed E-state index contributed by atoms with van der Waals surface area (Å²) in [5.41, 5.74) is -0.0390. The van der Waals surface area contributed by atoms with E-state index < -0.39 is 17.3 Å². The van der Waals surface area contributed by atoms with E-state index in [1.165, 1.54) is 17.5 Å². The highest BCUT2D eigenvalue weighted by Gasteiger charge is 2.30. The predicted octanol–water partition coefficient (Wildman–Crippen LogP) is 5.18. The molecule has 0 spiro atoms. The number of halogens is 3. The van der Waals surface area contributed by atoms with E-state index in [9.17, 15) is 27.9 Å². The second kappa shape index (κ2) is 11.0. The number of carbonyl (C=O) groups is 2. The molecule has 2 heterocycles. The van der Waals surface area contributed by atoms with Gasteiger partial charge in [-0.25, -0.2) is 4.98 Å². The van der Waals surface area contributed by atoms with Gasteiger partial charge in [0.05, 0.1) is 28.7 Å². The van der Waals surface area contributed by atoms with Crippen LogP contribution in [0.2, 0.25) is 0 Å². The van der Waals surface area contributed by atoms with Crippen LogP contribution in [-0.2, 0) is 17.4 Å². The van der Waals surface area contributed by atoms with Gasteiger partial charge in [-0.2, -0.15) is 13.2 Å². The zero-order valence-electron chi connectivity index (χ0n) is 19.9. The first-order valence-electron chi connectivity index (χ1n) is 11.0. The molecule has 2 aromatic heterocycles. The van der Waals surface area contributed by atoms with E-state index in [0.29, 0.717) is 27.6 Å². The number of aromatic nitrogens is 2. The van der Waals surface area contributed by atoms with Gasteiger partial charge in [0.25, 0.3) is 0 Å². The molecule has 3 aromatic rings. The van der Waals surface area contributed by atoms with Crippen molar-refractivity contribution in [1.29, 1.82) is 0 Å². The molecule has 1 amide bonds. The van der Waals surface area contributed by atoms with E-state index in [-0.39, 0.29) is 30.2 Å². The molecule has 0 bridgehead atoms. The molecule has 1 aromatic carbocycles. The first kappa shape index (κ1) is 27.0. The third-order valence-corrected chi connectivity index (χ3v) is 5.91. The molecule has 3 rings (SSSR count). The number of Topliss-reactive ketones (excluding diaryl/α,β-unsaturated/α-hetero) is 1. The lowest BCUT2D eigenvalue weighted by atomic mass is 10.00. The molecule has 0 aliphatic heterocycles. The summed E-state index contributed by atoms with van der Waals surface area (Å²) in [5.74, 6) is 5.31. The first-order chi connectivity index (χ1) is 16.8. The second-order valence-corrected chi connectivity index (χ2v) is 9.83. The number of benzene rings is 1. The third-order valence-electron chi connectivity index (χ3n) is 5.08. The van der Waals surface area contributed by atoms with Crippen LogP contribution in [0.3, 0.4) is 0 Å². The summed E-state index contributed by atoms with van der Waals surface area (Å²) in [6.45, 7) is 5.09. The highest BCUT2D eigenvalue weighted by molar-refractivity contribution is 7.16. The molecule has 36 heavy (non-hydrogen) atoms. The number of aliphatic hydroxyl groups is 1. The van der Waals surface area contributed by atoms with Gasteiger partial charge >= 0.3 is 6.18 Å². The Balaban J connectivity index is 1.69. The molecular formula is C26H24F3N3O3S. The number of aryl methyl sites for hydroxylation is 1. The van der Waals surface area contributed by atoms with Crippen LogP contribution < -0.4 is 5.32 Å². The molecule has 0 radical (unpaired) electrons. The number of ketones is 1. The molecule has 0 unspecified atom stereocenters. The van der Waals surface area contributed by atoms with Crippen LogP contribution in [0.15, 0.2) is 42.7 Å². The summed E-state index contributed by atoms with van der Waals surface area (Å²) in [5, 5.41) is 12.8. The Hall–Kier alpha value is -3.55. The zero-order chi connectivity index (χ0) is 26.5. The van der Waals surface area contributed by atoms with Crippen LogP contribution in [0, 0.1) is 18.8 Å². The van der Waals surface area contributed by atoms with Crippen molar-refractivity contribution in [1.82, 2.24) is 9.97 Å². The monoisotopic (exact) mass is 515 g/mol. The van der Waals surface area contributed by atoms with Gasteiger partial charge in [0, 0.05) is 29.4 Å². The molecule has 10 heteroatoms. The van der Waals surface area contributed by atoms with Crippen LogP contribution in [-0.4, -0.2) is 32.4 Å². The summed E-state index contributed by atoms with van der Waals surface area (Å²) in [6, 6.07) is 6.65. The molecule has 2 N–H and O–H groups in total. The van der Waals surface area contributed by atoms with Crippen molar-refractivity contribution in [2.75, 3.05) is 5.32 Å². The first-order valence-corrected chi connectivity index (χ1v) is 11.8. The fourth-order valence-corrected chi connectivity index (χ4v) is 3.75. The van der Waals surface area contributed by atoms with Crippen LogP contribution >= 0.6 is 11.3 Å². The number of rotatable bonds is 7. The molecular weight excluding hydrogens is 491 g/mol. The normalized spacial score (nSPS) is 11.5. The average Bonchev–Trinajstić information content (AvgIpc) is 3.23. The number of amides is 1. The number of thiazole rings is 1. The lowest BCUT2D eigenvalue weighted by Gasteiger charge is -2.15. The summed E-state index contributed by atoms with van der Waals surface area (Å²) in [6.07, 6.45) is -1.76. The maximum atomic E-state index is 12.9. The van der Waals surface area contributed by atoms with E-state index >= 15 is 0 Å². The molecule has 6 nitrogen and oxygen atoms in total. The summed E-state index contributed by atoms with van der Waals surface area (Å²) in [4.78, 5) is 33.3. The van der Waals surface area contributed by atoms with Crippen molar-refractivity contribution < 1.29 is 27.9 Å². The minimum atomic E-state index is -4.51. The number of nitrogens with zero attached hydrogens (tertiary/aromatic N) is 2. The van der Waals surface area contributed by atoms with Gasteiger partial charge in [-0.05, 0) is 56.9 Å². The highest BCUT2D eigenvalue weighted by atomic mass is 32.1. The number of hydrogen-bond donors (Lipinski definition) is 2. The van der Waals surface area contributed by atoms with Gasteiger partial charge < -0.3 is 10.4 Å². The van der Waals surface area contributed by atoms with Gasteiger partial charge in [-0.15, -0.1) is 0 Å². The lowest BCUT2D eigenvalue weighted by molar-refractivity contribution is -0.137. The van der Waals surface area contributed by atoms with Crippen molar-refractivity contribution in [3.63, 3.8) is 0 Å². The van der Waals surface area contributed by atoms with Gasteiger partial charge in [0.1, 0.15) is 0 Å². The SMILES string of the molecule is Cc1ccc(C(=O)Cc2cc(C(F)(F)F)ccn2)cc1C#Cc1cnc(NC(=O)CCC(C)(C)O)s1. The molecule has 0 aliphatic rings. The van der Waals surface area contributed by atoms with Crippen molar-refractivity contribution in [3.05, 3.63) is 75.6 Å². The van der Waals surface area contributed by atoms with E-state index in [4.69, 9.17) is 0 Å². The number of nitrogens with one attached hydrogen (secondary N) is 1. The van der Waals surface area contributed by atoms with Gasteiger partial charge in [0.15, 0.2) is 10.9 Å². The molecule has 0 atom stereocenters. The van der Waals surface area contributed by atoms with Gasteiger partial charge in [-0.1, -0.05) is 29.4 Å². The van der Waals surface area contributed by atoms with Gasteiger partial charge in [-0.3, -0.25) is 14.6 Å². The Morgan fingerprint density at radius 2 is 1.86 bits per heavy atom. The smallest absolute Gasteiger partial charge is 0.390 e. The fraction of sp³-hybridized carbons (Fsp3) is 0.308. The van der Waals surface area contributed by atoms with E-state index in [1.807, 2.05) is 6.92 Å². The topological polar surface area (TPSA) is 92.2 Å². The van der Waals surface area contributed by atoms with Crippen LogP contribution in [0.4, 0.5) is 18.3 Å². The quantitative estimate of drug-likeness (QED) is 0.334. The summed E-state index contributed by atoms with van der Waals surface area (Å²) >= 11 is 1.19. The minimum Gasteiger partial charge on any atom is -0.390 e. The number of alkyl halides is 3. The standard InChI is InChI=1S/C26H24F3N3O3S/c1-16-4-5-18(22(33)14-20-13-19(9-11-30-20)26(27,28)29)12-17(16)6-7-21-15-31-24(36-21)32-23(34)8-10-25(2,3)35/h4-5,9,11-13,15,35H,8,10,14H2,1-3H3,(H,31,32,34). The van der Waals surface area contributed by atoms with Crippen molar-refractivity contribution in [2.45, 2.75) is 51.8 Å². The van der Waals surface area contributed by atoms with Crippen molar-refractivity contribution in [3.8, 4) is 11.8 Å². The van der Waals surface area contributed by atoms with E-state index in [0.717, 1.165) is 23.9 Å². The Kier molecular flexibility index (Phi) is 8.28.